The molecule has 0 aliphatic carbocycles. The number of hydrogen-bond donors (Lipinski definition) is 1. The molecule has 5 nitrogen and oxygen atoms in total. The molecule has 2 N–H and O–H groups in total. The summed E-state index contributed by atoms with van der Waals surface area (Å²) in [4.78, 5) is 28.8. The van der Waals surface area contributed by atoms with Crippen molar-refractivity contribution < 1.29 is 9.59 Å². The van der Waals surface area contributed by atoms with E-state index < -0.39 is 5.91 Å². The van der Waals surface area contributed by atoms with Crippen molar-refractivity contribution in [2.24, 2.45) is 5.73 Å². The molecule has 36 heavy (non-hydrogen) atoms. The molecule has 0 unspecified atom stereocenters. The van der Waals surface area contributed by atoms with Gasteiger partial charge in [0, 0.05) is 43.9 Å². The van der Waals surface area contributed by atoms with Crippen LogP contribution in [0.4, 0.5) is 0 Å². The summed E-state index contributed by atoms with van der Waals surface area (Å²) in [6, 6.07) is 26.1. The van der Waals surface area contributed by atoms with Gasteiger partial charge in [-0.25, -0.2) is 0 Å². The molecule has 4 rings (SSSR count). The molecule has 1 fully saturated rings. The number of nitrogens with zero attached hydrogens (tertiary/aromatic N) is 2. The first-order valence-corrected chi connectivity index (χ1v) is 12.8. The van der Waals surface area contributed by atoms with E-state index in [2.05, 4.69) is 47.4 Å². The summed E-state index contributed by atoms with van der Waals surface area (Å²) in [5.74, 6) is -0.370. The fourth-order valence-corrected chi connectivity index (χ4v) is 4.92. The van der Waals surface area contributed by atoms with Crippen LogP contribution in [0.2, 0.25) is 0 Å². The number of nitrogens with two attached hydrogens (primary N) is 1. The van der Waals surface area contributed by atoms with Gasteiger partial charge in [0.15, 0.2) is 0 Å². The zero-order valence-electron chi connectivity index (χ0n) is 21.2. The first-order valence-electron chi connectivity index (χ1n) is 12.8. The lowest BCUT2D eigenvalue weighted by Gasteiger charge is -2.30. The largest absolute Gasteiger partial charge is 0.366 e. The molecule has 1 saturated heterocycles. The average Bonchev–Trinajstić information content (AvgIpc) is 2.92. The van der Waals surface area contributed by atoms with Crippen LogP contribution in [0.5, 0.6) is 0 Å². The standard InChI is InChI=1S/C31H35N3O2/c1-3-34(4-2)31(36)28-16-12-25(13-17-28)29(24-10-14-27(15-11-24)30(32)35)26-18-20-33(21-19-26)22-23-8-6-5-7-9-23/h5-17H,3-4,18-22H2,1-2H3,(H2,32,35). The maximum atomic E-state index is 12.8. The minimum atomic E-state index is -0.427. The van der Waals surface area contributed by atoms with E-state index in [0.717, 1.165) is 43.6 Å². The van der Waals surface area contributed by atoms with Crippen LogP contribution in [-0.4, -0.2) is 47.8 Å². The third-order valence-corrected chi connectivity index (χ3v) is 6.99. The molecule has 0 aromatic heterocycles. The predicted molar refractivity (Wildman–Crippen MR) is 146 cm³/mol. The summed E-state index contributed by atoms with van der Waals surface area (Å²) < 4.78 is 0. The Morgan fingerprint density at radius 3 is 1.75 bits per heavy atom. The van der Waals surface area contributed by atoms with E-state index in [-0.39, 0.29) is 5.91 Å². The van der Waals surface area contributed by atoms with Crippen molar-refractivity contribution in [1.82, 2.24) is 9.80 Å². The van der Waals surface area contributed by atoms with Crippen LogP contribution in [0.15, 0.2) is 84.4 Å². The smallest absolute Gasteiger partial charge is 0.253 e. The number of likely N-dealkylation sites (tertiary alicyclic amines) is 1. The van der Waals surface area contributed by atoms with Gasteiger partial charge < -0.3 is 10.6 Å². The third-order valence-electron chi connectivity index (χ3n) is 6.99. The van der Waals surface area contributed by atoms with Crippen molar-refractivity contribution in [3.05, 3.63) is 112 Å². The Morgan fingerprint density at radius 1 is 0.750 bits per heavy atom. The topological polar surface area (TPSA) is 66.6 Å². The van der Waals surface area contributed by atoms with E-state index in [1.807, 2.05) is 43.0 Å². The third kappa shape index (κ3) is 5.92. The molecule has 5 heteroatoms. The predicted octanol–water partition coefficient (Wildman–Crippen LogP) is 5.37. The van der Waals surface area contributed by atoms with Gasteiger partial charge in [-0.15, -0.1) is 0 Å². The SMILES string of the molecule is CCN(CC)C(=O)c1ccc(C(=C2CCN(Cc3ccccc3)CC2)c2ccc(C(N)=O)cc2)cc1. The molecule has 1 aliphatic heterocycles. The summed E-state index contributed by atoms with van der Waals surface area (Å²) >= 11 is 0. The highest BCUT2D eigenvalue weighted by atomic mass is 16.2. The van der Waals surface area contributed by atoms with Gasteiger partial charge in [0.05, 0.1) is 0 Å². The van der Waals surface area contributed by atoms with E-state index in [1.165, 1.54) is 16.7 Å². The summed E-state index contributed by atoms with van der Waals surface area (Å²) in [6.07, 6.45) is 1.94. The number of piperidine rings is 1. The van der Waals surface area contributed by atoms with Gasteiger partial charge in [0.2, 0.25) is 5.91 Å². The number of carbonyl (C=O) groups is 2. The molecular weight excluding hydrogens is 446 g/mol. The second-order valence-electron chi connectivity index (χ2n) is 9.24. The molecule has 2 amide bonds. The highest BCUT2D eigenvalue weighted by Crippen LogP contribution is 2.33. The molecule has 0 spiro atoms. The summed E-state index contributed by atoms with van der Waals surface area (Å²) in [6.45, 7) is 8.32. The summed E-state index contributed by atoms with van der Waals surface area (Å²) in [7, 11) is 0. The fraction of sp³-hybridized carbons (Fsp3) is 0.290. The van der Waals surface area contributed by atoms with Crippen molar-refractivity contribution in [2.45, 2.75) is 33.2 Å². The molecule has 186 valence electrons. The number of hydrogen-bond acceptors (Lipinski definition) is 3. The van der Waals surface area contributed by atoms with Crippen LogP contribution in [-0.2, 0) is 6.54 Å². The average molecular weight is 482 g/mol. The van der Waals surface area contributed by atoms with E-state index in [1.54, 1.807) is 12.1 Å². The molecule has 0 atom stereocenters. The van der Waals surface area contributed by atoms with Gasteiger partial charge in [0.1, 0.15) is 0 Å². The zero-order valence-corrected chi connectivity index (χ0v) is 21.2. The summed E-state index contributed by atoms with van der Waals surface area (Å²) in [5.41, 5.74) is 12.7. The highest BCUT2D eigenvalue weighted by Gasteiger charge is 2.20. The van der Waals surface area contributed by atoms with Gasteiger partial charge in [0.25, 0.3) is 5.91 Å². The minimum absolute atomic E-state index is 0.0563. The number of benzene rings is 3. The van der Waals surface area contributed by atoms with Crippen molar-refractivity contribution in [3.8, 4) is 0 Å². The molecule has 0 saturated carbocycles. The van der Waals surface area contributed by atoms with Gasteiger partial charge in [-0.05, 0) is 73.2 Å². The van der Waals surface area contributed by atoms with Crippen molar-refractivity contribution in [3.63, 3.8) is 0 Å². The second kappa shape index (κ2) is 11.8. The lowest BCUT2D eigenvalue weighted by atomic mass is 9.87. The fourth-order valence-electron chi connectivity index (χ4n) is 4.92. The van der Waals surface area contributed by atoms with E-state index in [0.29, 0.717) is 24.2 Å². The molecule has 1 heterocycles. The quantitative estimate of drug-likeness (QED) is 0.471. The van der Waals surface area contributed by atoms with Gasteiger partial charge in [-0.3, -0.25) is 14.5 Å². The van der Waals surface area contributed by atoms with Crippen LogP contribution in [0.3, 0.4) is 0 Å². The van der Waals surface area contributed by atoms with E-state index >= 15 is 0 Å². The van der Waals surface area contributed by atoms with Crippen LogP contribution >= 0.6 is 0 Å². The Kier molecular flexibility index (Phi) is 8.34. The Hall–Kier alpha value is -3.70. The maximum absolute atomic E-state index is 12.8. The summed E-state index contributed by atoms with van der Waals surface area (Å²) in [5, 5.41) is 0. The molecule has 1 aliphatic rings. The number of primary amides is 1. The molecule has 3 aromatic rings. The first kappa shape index (κ1) is 25.4. The Bertz CT molecular complexity index is 1200. The zero-order chi connectivity index (χ0) is 25.5. The Balaban J connectivity index is 1.63. The molecule has 3 aromatic carbocycles. The van der Waals surface area contributed by atoms with E-state index in [4.69, 9.17) is 5.73 Å². The monoisotopic (exact) mass is 481 g/mol. The number of rotatable bonds is 8. The van der Waals surface area contributed by atoms with E-state index in [9.17, 15) is 9.59 Å². The van der Waals surface area contributed by atoms with Crippen LogP contribution in [0, 0.1) is 0 Å². The lowest BCUT2D eigenvalue weighted by molar-refractivity contribution is 0.0772. The normalized spacial score (nSPS) is 13.9. The van der Waals surface area contributed by atoms with Gasteiger partial charge in [-0.2, -0.15) is 0 Å². The Labute approximate surface area is 214 Å². The van der Waals surface area contributed by atoms with Gasteiger partial charge >= 0.3 is 0 Å². The second-order valence-corrected chi connectivity index (χ2v) is 9.24. The molecule has 0 bridgehead atoms. The highest BCUT2D eigenvalue weighted by molar-refractivity contribution is 5.95. The van der Waals surface area contributed by atoms with Crippen molar-refractivity contribution >= 4 is 17.4 Å². The minimum Gasteiger partial charge on any atom is -0.366 e. The van der Waals surface area contributed by atoms with Crippen LogP contribution in [0.25, 0.3) is 5.57 Å². The lowest BCUT2D eigenvalue weighted by Crippen LogP contribution is -2.30. The number of carbonyl (C=O) groups excluding carboxylic acids is 2. The van der Waals surface area contributed by atoms with Crippen LogP contribution < -0.4 is 5.73 Å². The maximum Gasteiger partial charge on any atom is 0.253 e. The van der Waals surface area contributed by atoms with Crippen LogP contribution in [0.1, 0.15) is 64.1 Å². The number of amides is 2. The van der Waals surface area contributed by atoms with Crippen molar-refractivity contribution in [2.75, 3.05) is 26.2 Å². The van der Waals surface area contributed by atoms with Gasteiger partial charge in [-0.1, -0.05) is 60.2 Å². The Morgan fingerprint density at radius 2 is 1.25 bits per heavy atom. The van der Waals surface area contributed by atoms with Crippen molar-refractivity contribution in [1.29, 1.82) is 0 Å². The first-order chi connectivity index (χ1) is 17.5. The molecule has 0 radical (unpaired) electrons. The molecular formula is C31H35N3O2.